The fourth-order valence-corrected chi connectivity index (χ4v) is 2.03. The van der Waals surface area contributed by atoms with Crippen LogP contribution < -0.4 is 0 Å². The third-order valence-corrected chi connectivity index (χ3v) is 4.68. The van der Waals surface area contributed by atoms with Crippen LogP contribution in [0.4, 0.5) is 57.3 Å². The van der Waals surface area contributed by atoms with Crippen molar-refractivity contribution in [3.8, 4) is 0 Å². The third kappa shape index (κ3) is 2.99. The molecule has 0 N–H and O–H groups in total. The van der Waals surface area contributed by atoms with Gasteiger partial charge in [-0.05, 0) is 16.0 Å². The largest absolute Gasteiger partial charge is 0.435 e. The lowest BCUT2D eigenvalue weighted by Crippen LogP contribution is -2.70. The van der Waals surface area contributed by atoms with Crippen LogP contribution in [0.25, 0.3) is 0 Å². The van der Waals surface area contributed by atoms with Crippen molar-refractivity contribution in [2.75, 3.05) is 0 Å². The van der Waals surface area contributed by atoms with Gasteiger partial charge in [-0.2, -0.15) is 43.9 Å². The molecule has 152 valence electrons. The molecule has 0 heterocycles. The van der Waals surface area contributed by atoms with Crippen molar-refractivity contribution in [1.82, 2.24) is 0 Å². The van der Waals surface area contributed by atoms with E-state index in [1.807, 2.05) is 0 Å². The molecule has 0 rings (SSSR count). The minimum Gasteiger partial charge on any atom is -0.251 e. The predicted molar refractivity (Wildman–Crippen MR) is 51.9 cm³/mol. The molecule has 0 aromatic carbocycles. The highest BCUT2D eigenvalue weighted by Gasteiger charge is 2.90. The van der Waals surface area contributed by atoms with Crippen LogP contribution in [0.3, 0.4) is 0 Å². The molecule has 0 bridgehead atoms. The Balaban J connectivity index is 6.54. The Bertz CT molecular complexity index is 532. The Hall–Kier alpha value is -0.760. The molecule has 0 amide bonds. The van der Waals surface area contributed by atoms with Crippen LogP contribution in [0.15, 0.2) is 0 Å². The van der Waals surface area contributed by atoms with Crippen molar-refractivity contribution in [1.29, 1.82) is 0 Å². The van der Waals surface area contributed by atoms with Crippen LogP contribution in [0.1, 0.15) is 13.8 Å². The van der Waals surface area contributed by atoms with Crippen LogP contribution >= 0.6 is 7.60 Å². The van der Waals surface area contributed by atoms with Gasteiger partial charge in [-0.25, -0.2) is 4.39 Å². The second-order valence-corrected chi connectivity index (χ2v) is 6.89. The molecule has 0 spiro atoms. The molecule has 3 nitrogen and oxygen atoms in total. The van der Waals surface area contributed by atoms with Crippen molar-refractivity contribution in [3.63, 3.8) is 0 Å². The van der Waals surface area contributed by atoms with Gasteiger partial charge in [0, 0.05) is 6.92 Å². The highest BCUT2D eigenvalue weighted by Crippen LogP contribution is 2.71. The maximum Gasteiger partial charge on any atom is 0.435 e. The number of hydrogen-bond acceptors (Lipinski definition) is 3. The lowest BCUT2D eigenvalue weighted by Gasteiger charge is -2.42. The topological polar surface area (TPSA) is 35.5 Å². The standard InChI is InChI=1S/C8H6F13O3P/c1-3(9,10)5(12,13)7(16,17)8(18,19)6(14,15)4(2,11)25(22,23-20)24-21/h1-2H3. The Labute approximate surface area is 129 Å². The van der Waals surface area contributed by atoms with Crippen LogP contribution in [-0.2, 0) is 14.0 Å². The molecule has 0 radical (unpaired) electrons. The number of rotatable bonds is 8. The maximum atomic E-state index is 13.6. The van der Waals surface area contributed by atoms with Gasteiger partial charge in [0.1, 0.15) is 0 Å². The number of hydrogen-bond donors (Lipinski definition) is 0. The average molecular weight is 428 g/mol. The molecule has 0 aliphatic rings. The van der Waals surface area contributed by atoms with Gasteiger partial charge in [-0.1, -0.05) is 0 Å². The van der Waals surface area contributed by atoms with Crippen LogP contribution in [0.5, 0.6) is 0 Å². The summed E-state index contributed by atoms with van der Waals surface area (Å²) in [7, 11) is -7.26. The number of halogens is 13. The fraction of sp³-hybridized carbons (Fsp3) is 1.00. The quantitative estimate of drug-likeness (QED) is 0.359. The Kier molecular flexibility index (Phi) is 5.96. The maximum absolute atomic E-state index is 13.6. The Morgan fingerprint density at radius 1 is 0.600 bits per heavy atom. The lowest BCUT2D eigenvalue weighted by molar-refractivity contribution is -0.408. The summed E-state index contributed by atoms with van der Waals surface area (Å²) in [5.41, 5.74) is 0. The van der Waals surface area contributed by atoms with Gasteiger partial charge in [-0.3, -0.25) is 4.57 Å². The summed E-state index contributed by atoms with van der Waals surface area (Å²) >= 11 is 0. The molecule has 0 aliphatic heterocycles. The van der Waals surface area contributed by atoms with Crippen molar-refractivity contribution in [3.05, 3.63) is 0 Å². The van der Waals surface area contributed by atoms with E-state index in [1.54, 1.807) is 9.46 Å². The molecule has 0 aromatic rings. The van der Waals surface area contributed by atoms with Gasteiger partial charge in [0.2, 0.25) is 0 Å². The van der Waals surface area contributed by atoms with E-state index in [0.29, 0.717) is 0 Å². The van der Waals surface area contributed by atoms with E-state index in [1.165, 1.54) is 0 Å². The summed E-state index contributed by atoms with van der Waals surface area (Å²) < 4.78 is 182. The lowest BCUT2D eigenvalue weighted by atomic mass is 9.93. The zero-order chi connectivity index (χ0) is 20.9. The van der Waals surface area contributed by atoms with E-state index < -0.39 is 56.5 Å². The third-order valence-electron chi connectivity index (χ3n) is 3.00. The van der Waals surface area contributed by atoms with Gasteiger partial charge in [0.25, 0.3) is 5.41 Å². The van der Waals surface area contributed by atoms with Gasteiger partial charge in [-0.15, -0.1) is 9.46 Å². The van der Waals surface area contributed by atoms with E-state index in [0.717, 1.165) is 0 Å². The molecule has 0 saturated carbocycles. The first kappa shape index (κ1) is 24.2. The van der Waals surface area contributed by atoms with Gasteiger partial charge >= 0.3 is 37.2 Å². The minimum atomic E-state index is -7.76. The zero-order valence-corrected chi connectivity index (χ0v) is 12.5. The molecular weight excluding hydrogens is 422 g/mol. The Morgan fingerprint density at radius 3 is 1.12 bits per heavy atom. The fourth-order valence-electron chi connectivity index (χ4n) is 1.27. The molecule has 0 aliphatic carbocycles. The normalized spacial score (nSPS) is 18.2. The summed E-state index contributed by atoms with van der Waals surface area (Å²) in [6.45, 7) is -2.18. The molecule has 17 heteroatoms. The first-order chi connectivity index (χ1) is 10.6. The number of alkyl halides is 11. The first-order valence-corrected chi connectivity index (χ1v) is 6.95. The second-order valence-electron chi connectivity index (χ2n) is 4.77. The van der Waals surface area contributed by atoms with Gasteiger partial charge in [0.15, 0.2) is 0 Å². The van der Waals surface area contributed by atoms with Crippen LogP contribution in [-0.4, -0.2) is 35.0 Å². The molecular formula is C8H6F13O3P. The molecule has 25 heavy (non-hydrogen) atoms. The monoisotopic (exact) mass is 428 g/mol. The van der Waals surface area contributed by atoms with Crippen LogP contribution in [0.2, 0.25) is 0 Å². The van der Waals surface area contributed by atoms with Crippen molar-refractivity contribution < 1.29 is 71.4 Å². The molecule has 0 saturated heterocycles. The molecule has 0 aromatic heterocycles. The predicted octanol–water partition coefficient (Wildman–Crippen LogP) is 5.86. The average Bonchev–Trinajstić information content (AvgIpc) is 2.43. The van der Waals surface area contributed by atoms with Gasteiger partial charge in [0.05, 0.1) is 0 Å². The highest BCUT2D eigenvalue weighted by molar-refractivity contribution is 7.55. The summed E-state index contributed by atoms with van der Waals surface area (Å²) in [6.07, 6.45) is 0. The molecule has 0 fully saturated rings. The Morgan fingerprint density at radius 2 is 0.880 bits per heavy atom. The molecule has 1 atom stereocenters. The zero-order valence-electron chi connectivity index (χ0n) is 11.6. The first-order valence-electron chi connectivity index (χ1n) is 5.41. The molecule has 1 unspecified atom stereocenters. The summed E-state index contributed by atoms with van der Waals surface area (Å²) in [6, 6.07) is 0. The smallest absolute Gasteiger partial charge is 0.251 e. The second kappa shape index (κ2) is 6.15. The minimum absolute atomic E-state index is 1.05. The summed E-state index contributed by atoms with van der Waals surface area (Å²) in [5, 5.41) is -6.05. The van der Waals surface area contributed by atoms with Crippen molar-refractivity contribution in [2.45, 2.75) is 48.9 Å². The van der Waals surface area contributed by atoms with E-state index in [2.05, 4.69) is 0 Å². The van der Waals surface area contributed by atoms with E-state index in [4.69, 9.17) is 0 Å². The van der Waals surface area contributed by atoms with Crippen molar-refractivity contribution >= 4 is 7.60 Å². The SMILES string of the molecule is CC(F)(F)C(F)(F)C(F)(F)C(F)(F)C(F)(F)C(C)(F)P(=O)(OF)OF. The summed E-state index contributed by atoms with van der Waals surface area (Å²) in [5.74, 6) is -36.1. The van der Waals surface area contributed by atoms with Gasteiger partial charge < -0.3 is 0 Å². The van der Waals surface area contributed by atoms with Crippen molar-refractivity contribution in [2.24, 2.45) is 0 Å². The van der Waals surface area contributed by atoms with Crippen LogP contribution in [0, 0.1) is 0 Å². The van der Waals surface area contributed by atoms with E-state index in [-0.39, 0.29) is 0 Å². The van der Waals surface area contributed by atoms with E-state index >= 15 is 0 Å². The highest BCUT2D eigenvalue weighted by atomic mass is 31.2. The summed E-state index contributed by atoms with van der Waals surface area (Å²) in [4.78, 5) is 0. The van der Waals surface area contributed by atoms with E-state index in [9.17, 15) is 61.9 Å².